The van der Waals surface area contributed by atoms with Crippen molar-refractivity contribution in [3.05, 3.63) is 89.0 Å². The lowest BCUT2D eigenvalue weighted by atomic mass is 10.0. The maximum absolute atomic E-state index is 13.5. The Hall–Kier alpha value is -5.50. The van der Waals surface area contributed by atoms with Gasteiger partial charge in [0.2, 0.25) is 13.2 Å². The number of imidazole rings is 1. The van der Waals surface area contributed by atoms with Crippen molar-refractivity contribution in [2.75, 3.05) is 27.7 Å². The minimum absolute atomic E-state index is 0.0130. The third-order valence-corrected chi connectivity index (χ3v) is 10.1. The van der Waals surface area contributed by atoms with Gasteiger partial charge in [0.15, 0.2) is 18.2 Å². The van der Waals surface area contributed by atoms with Gasteiger partial charge >= 0.3 is 5.97 Å². The Morgan fingerprint density at radius 1 is 1.04 bits per heavy atom. The number of carbonyl (C=O) groups excluding carboxylic acids is 1. The fourth-order valence-electron chi connectivity index (χ4n) is 5.53. The van der Waals surface area contributed by atoms with Gasteiger partial charge in [0.05, 0.1) is 36.7 Å². The molecule has 2 heterocycles. The summed E-state index contributed by atoms with van der Waals surface area (Å²) in [5.41, 5.74) is 2.43. The maximum Gasteiger partial charge on any atom is 0.331 e. The van der Waals surface area contributed by atoms with Crippen molar-refractivity contribution in [2.45, 2.75) is 57.3 Å². The molecule has 0 bridgehead atoms. The van der Waals surface area contributed by atoms with Gasteiger partial charge in [-0.1, -0.05) is 39.3 Å². The van der Waals surface area contributed by atoms with Crippen molar-refractivity contribution in [3.63, 3.8) is 0 Å². The number of rotatable bonds is 17. The number of fused-ring (bicyclic) bond motifs is 1. The zero-order valence-electron chi connectivity index (χ0n) is 29.1. The SMILES string of the molecule is CCCCc1ncc(/C=C(\Cc2cc3c(cc2OC)OCO3)C(=O)O)n1-c1ccc(OC)cc1OCN(C=O)S(=O)(=O)c1ccc(C(C)C)cc1. The molecule has 0 fully saturated rings. The molecule has 13 nitrogen and oxygen atoms in total. The van der Waals surface area contributed by atoms with Crippen molar-refractivity contribution in [2.24, 2.45) is 0 Å². The van der Waals surface area contributed by atoms with Crippen LogP contribution in [0.3, 0.4) is 0 Å². The lowest BCUT2D eigenvalue weighted by molar-refractivity contribution is -0.132. The molecule has 51 heavy (non-hydrogen) atoms. The highest BCUT2D eigenvalue weighted by Crippen LogP contribution is 2.39. The van der Waals surface area contributed by atoms with Gasteiger partial charge in [0.25, 0.3) is 10.0 Å². The second kappa shape index (κ2) is 16.0. The highest BCUT2D eigenvalue weighted by Gasteiger charge is 2.26. The second-order valence-electron chi connectivity index (χ2n) is 12.0. The highest BCUT2D eigenvalue weighted by atomic mass is 32.2. The van der Waals surface area contributed by atoms with Crippen molar-refractivity contribution in [1.82, 2.24) is 13.9 Å². The van der Waals surface area contributed by atoms with Crippen LogP contribution >= 0.6 is 0 Å². The molecule has 4 aromatic rings. The second-order valence-corrected chi connectivity index (χ2v) is 13.9. The minimum Gasteiger partial charge on any atom is -0.497 e. The van der Waals surface area contributed by atoms with Crippen LogP contribution in [0.1, 0.15) is 62.2 Å². The number of aryl methyl sites for hydroxylation is 1. The Morgan fingerprint density at radius 2 is 1.76 bits per heavy atom. The fourth-order valence-corrected chi connectivity index (χ4v) is 6.59. The Balaban J connectivity index is 1.54. The maximum atomic E-state index is 13.5. The standard InChI is InChI=1S/C37H41N3O10S/c1-6-7-8-36-38-20-28(16-27(37(42)43)15-26-17-34-35(50-23-49-34)19-32(26)47-5)40(36)31-14-11-29(46-4)18-33(31)48-22-39(21-41)51(44,45)30-12-9-25(10-13-30)24(2)3/h9-14,16-21,24H,6-8,15,22-23H2,1-5H3,(H,42,43)/b27-16+. The predicted molar refractivity (Wildman–Crippen MR) is 188 cm³/mol. The summed E-state index contributed by atoms with van der Waals surface area (Å²) in [6, 6.07) is 14.7. The van der Waals surface area contributed by atoms with Gasteiger partial charge < -0.3 is 28.8 Å². The molecular formula is C37H41N3O10S. The van der Waals surface area contributed by atoms with Gasteiger partial charge in [-0.05, 0) is 54.3 Å². The number of amides is 1. The number of sulfonamides is 1. The highest BCUT2D eigenvalue weighted by molar-refractivity contribution is 7.89. The van der Waals surface area contributed by atoms with E-state index in [0.717, 1.165) is 18.4 Å². The molecule has 1 N–H and O–H groups in total. The molecule has 5 rings (SSSR count). The monoisotopic (exact) mass is 719 g/mol. The van der Waals surface area contributed by atoms with Crippen LogP contribution in [-0.4, -0.2) is 67.5 Å². The largest absolute Gasteiger partial charge is 0.497 e. The average molecular weight is 720 g/mol. The first kappa shape index (κ1) is 36.8. The Labute approximate surface area is 297 Å². The first-order valence-corrected chi connectivity index (χ1v) is 17.8. The quantitative estimate of drug-likeness (QED) is 0.0779. The number of carboxylic acid groups (broad SMARTS) is 1. The number of methoxy groups -OCH3 is 2. The lowest BCUT2D eigenvalue weighted by Crippen LogP contribution is -2.33. The van der Waals surface area contributed by atoms with E-state index in [0.29, 0.717) is 56.5 Å². The van der Waals surface area contributed by atoms with E-state index in [-0.39, 0.29) is 41.8 Å². The van der Waals surface area contributed by atoms with E-state index < -0.39 is 22.7 Å². The van der Waals surface area contributed by atoms with Crippen LogP contribution in [0.15, 0.2) is 71.3 Å². The smallest absolute Gasteiger partial charge is 0.331 e. The number of nitrogens with zero attached hydrogens (tertiary/aromatic N) is 3. The number of carbonyl (C=O) groups is 2. The van der Waals surface area contributed by atoms with Crippen LogP contribution in [0.25, 0.3) is 11.8 Å². The number of hydrogen-bond acceptors (Lipinski definition) is 10. The molecule has 0 aliphatic carbocycles. The molecule has 1 aliphatic heterocycles. The summed E-state index contributed by atoms with van der Waals surface area (Å²) in [5, 5.41) is 10.3. The fraction of sp³-hybridized carbons (Fsp3) is 0.324. The average Bonchev–Trinajstić information content (AvgIpc) is 3.76. The molecule has 270 valence electrons. The molecule has 3 aromatic carbocycles. The molecule has 0 saturated carbocycles. The summed E-state index contributed by atoms with van der Waals surface area (Å²) >= 11 is 0. The molecule has 0 spiro atoms. The molecule has 1 amide bonds. The van der Waals surface area contributed by atoms with Crippen molar-refractivity contribution in [1.29, 1.82) is 0 Å². The first-order valence-electron chi connectivity index (χ1n) is 16.4. The number of unbranched alkanes of at least 4 members (excludes halogenated alkanes) is 1. The lowest BCUT2D eigenvalue weighted by Gasteiger charge is -2.21. The van der Waals surface area contributed by atoms with Crippen LogP contribution < -0.4 is 23.7 Å². The van der Waals surface area contributed by atoms with Crippen LogP contribution in [0.5, 0.6) is 28.7 Å². The van der Waals surface area contributed by atoms with Gasteiger partial charge in [0.1, 0.15) is 23.1 Å². The first-order chi connectivity index (χ1) is 24.5. The summed E-state index contributed by atoms with van der Waals surface area (Å²) < 4.78 is 57.3. The summed E-state index contributed by atoms with van der Waals surface area (Å²) in [5.74, 6) is 1.68. The van der Waals surface area contributed by atoms with E-state index in [1.807, 2.05) is 20.8 Å². The molecule has 0 radical (unpaired) electrons. The summed E-state index contributed by atoms with van der Waals surface area (Å²) in [4.78, 5) is 29.4. The van der Waals surface area contributed by atoms with Gasteiger partial charge in [-0.3, -0.25) is 9.36 Å². The number of ether oxygens (including phenoxy) is 5. The number of aromatic nitrogens is 2. The number of aliphatic carboxylic acids is 1. The van der Waals surface area contributed by atoms with Gasteiger partial charge in [0, 0.05) is 36.1 Å². The zero-order chi connectivity index (χ0) is 36.7. The Kier molecular flexibility index (Phi) is 11.6. The Morgan fingerprint density at radius 3 is 2.39 bits per heavy atom. The van der Waals surface area contributed by atoms with E-state index in [1.165, 1.54) is 32.4 Å². The summed E-state index contributed by atoms with van der Waals surface area (Å²) in [6.07, 6.45) is 5.50. The molecule has 14 heteroatoms. The van der Waals surface area contributed by atoms with Crippen molar-refractivity contribution >= 4 is 28.5 Å². The Bertz CT molecular complexity index is 2020. The van der Waals surface area contributed by atoms with Crippen LogP contribution in [-0.2, 0) is 32.5 Å². The molecular weight excluding hydrogens is 678 g/mol. The van der Waals surface area contributed by atoms with Gasteiger partial charge in [-0.15, -0.1) is 0 Å². The minimum atomic E-state index is -4.25. The third kappa shape index (κ3) is 8.12. The van der Waals surface area contributed by atoms with E-state index >= 15 is 0 Å². The van der Waals surface area contributed by atoms with E-state index in [4.69, 9.17) is 23.7 Å². The number of carboxylic acids is 1. The van der Waals surface area contributed by atoms with Crippen LogP contribution in [0.2, 0.25) is 0 Å². The topological polar surface area (TPSA) is 156 Å². The summed E-state index contributed by atoms with van der Waals surface area (Å²) in [6.45, 7) is 5.44. The van der Waals surface area contributed by atoms with E-state index in [2.05, 4.69) is 4.98 Å². The van der Waals surface area contributed by atoms with Gasteiger partial charge in [-0.2, -0.15) is 0 Å². The zero-order valence-corrected chi connectivity index (χ0v) is 29.9. The molecule has 0 atom stereocenters. The summed E-state index contributed by atoms with van der Waals surface area (Å²) in [7, 11) is -1.28. The number of hydrogen-bond donors (Lipinski definition) is 1. The molecule has 0 saturated heterocycles. The van der Waals surface area contributed by atoms with Crippen LogP contribution in [0, 0.1) is 0 Å². The normalized spacial score (nSPS) is 12.5. The van der Waals surface area contributed by atoms with Gasteiger partial charge in [-0.25, -0.2) is 22.5 Å². The van der Waals surface area contributed by atoms with E-state index in [9.17, 15) is 23.1 Å². The third-order valence-electron chi connectivity index (χ3n) is 8.40. The molecule has 0 unspecified atom stereocenters. The van der Waals surface area contributed by atoms with Crippen LogP contribution in [0.4, 0.5) is 0 Å². The van der Waals surface area contributed by atoms with Crippen molar-refractivity contribution < 1.29 is 46.8 Å². The predicted octanol–water partition coefficient (Wildman–Crippen LogP) is 5.98. The molecule has 1 aliphatic rings. The van der Waals surface area contributed by atoms with E-state index in [1.54, 1.807) is 53.2 Å². The van der Waals surface area contributed by atoms with Crippen molar-refractivity contribution in [3.8, 4) is 34.4 Å². The molecule has 1 aromatic heterocycles. The number of benzene rings is 3.